The second-order valence-corrected chi connectivity index (χ2v) is 7.16. The van der Waals surface area contributed by atoms with Gasteiger partial charge in [-0.2, -0.15) is 0 Å². The average Bonchev–Trinajstić information content (AvgIpc) is 1.35. The molecule has 0 fully saturated rings. The highest BCUT2D eigenvalue weighted by atomic mass is 32.1. The molecule has 0 amide bonds. The van der Waals surface area contributed by atoms with Crippen LogP contribution in [-0.2, 0) is 3.87 Å². The minimum Gasteiger partial charge on any atom is -0.360 e. The van der Waals surface area contributed by atoms with E-state index in [2.05, 4.69) is 32.6 Å². The van der Waals surface area contributed by atoms with Crippen molar-refractivity contribution in [2.45, 2.75) is 19.6 Å². The summed E-state index contributed by atoms with van der Waals surface area (Å²) in [5, 5.41) is 0. The third-order valence-electron chi connectivity index (χ3n) is 0.274. The van der Waals surface area contributed by atoms with E-state index in [1.165, 1.54) is 0 Å². The van der Waals surface area contributed by atoms with Gasteiger partial charge in [-0.05, 0) is 32.6 Å². The van der Waals surface area contributed by atoms with Crippen molar-refractivity contribution in [1.29, 1.82) is 0 Å². The van der Waals surface area contributed by atoms with Crippen LogP contribution < -0.4 is 0 Å². The molecular weight excluding hydrogens is 112 g/mol. The van der Waals surface area contributed by atoms with Crippen LogP contribution in [0.5, 0.6) is 0 Å². The highest BCUT2D eigenvalue weighted by Crippen LogP contribution is 2.02. The van der Waals surface area contributed by atoms with Gasteiger partial charge >= 0.3 is 0 Å². The molecule has 3 heteroatoms. The molecule has 0 spiro atoms. The third-order valence-corrected chi connectivity index (χ3v) is 2.46. The molecule has 0 unspecified atom stereocenters. The summed E-state index contributed by atoms with van der Waals surface area (Å²) in [7, 11) is -1.27. The van der Waals surface area contributed by atoms with E-state index in [1.54, 1.807) is 0 Å². The zero-order valence-corrected chi connectivity index (χ0v) is 6.25. The second kappa shape index (κ2) is 2.00. The van der Waals surface area contributed by atoms with Gasteiger partial charge in [-0.1, -0.05) is 0 Å². The summed E-state index contributed by atoms with van der Waals surface area (Å²) in [4.78, 5) is 0. The molecule has 0 radical (unpaired) electrons. The van der Waals surface area contributed by atoms with E-state index in [4.69, 9.17) is 3.87 Å². The van der Waals surface area contributed by atoms with Crippen molar-refractivity contribution in [3.8, 4) is 0 Å². The van der Waals surface area contributed by atoms with Crippen molar-refractivity contribution in [3.05, 3.63) is 0 Å². The molecule has 0 rings (SSSR count). The zero-order chi connectivity index (χ0) is 5.21. The van der Waals surface area contributed by atoms with Gasteiger partial charge in [0.15, 0.2) is 0 Å². The Hall–Kier alpha value is 0.527. The summed E-state index contributed by atoms with van der Waals surface area (Å²) in [6, 6.07) is 0. The Morgan fingerprint density at radius 1 is 1.33 bits per heavy atom. The lowest BCUT2D eigenvalue weighted by Gasteiger charge is -2.08. The maximum absolute atomic E-state index is 4.77. The number of hydrogen-bond acceptors (Lipinski definition) is 2. The minimum absolute atomic E-state index is 1.27. The van der Waals surface area contributed by atoms with Crippen LogP contribution in [0.25, 0.3) is 0 Å². The van der Waals surface area contributed by atoms with E-state index in [-0.39, 0.29) is 0 Å². The maximum atomic E-state index is 4.77. The average molecular weight is 122 g/mol. The molecule has 0 N–H and O–H groups in total. The molecule has 0 aromatic rings. The molecule has 0 saturated heterocycles. The smallest absolute Gasteiger partial charge is 0.202 e. The molecule has 0 heterocycles. The molecule has 0 aliphatic carbocycles. The summed E-state index contributed by atoms with van der Waals surface area (Å²) >= 11 is 3.66. The van der Waals surface area contributed by atoms with Crippen molar-refractivity contribution >= 4 is 21.2 Å². The van der Waals surface area contributed by atoms with Crippen molar-refractivity contribution in [3.63, 3.8) is 0 Å². The van der Waals surface area contributed by atoms with Crippen LogP contribution in [-0.4, -0.2) is 8.32 Å². The first-order chi connectivity index (χ1) is 2.56. The molecule has 0 aromatic carbocycles. The van der Waals surface area contributed by atoms with Crippen molar-refractivity contribution < 1.29 is 3.87 Å². The normalized spacial score (nSPS) is 12.0. The van der Waals surface area contributed by atoms with E-state index < -0.39 is 8.32 Å². The predicted octanol–water partition coefficient (Wildman–Crippen LogP) is 1.68. The van der Waals surface area contributed by atoms with Crippen LogP contribution in [0.15, 0.2) is 0 Å². The summed E-state index contributed by atoms with van der Waals surface area (Å²) in [6.07, 6.45) is 0. The van der Waals surface area contributed by atoms with Crippen molar-refractivity contribution in [2.24, 2.45) is 0 Å². The highest BCUT2D eigenvalue weighted by molar-refractivity contribution is 7.76. The monoisotopic (exact) mass is 122 g/mol. The summed E-state index contributed by atoms with van der Waals surface area (Å²) < 4.78 is 4.77. The first-order valence-electron chi connectivity index (χ1n) is 1.89. The van der Waals surface area contributed by atoms with Gasteiger partial charge in [0.2, 0.25) is 8.32 Å². The first kappa shape index (κ1) is 6.53. The van der Waals surface area contributed by atoms with E-state index >= 15 is 0 Å². The largest absolute Gasteiger partial charge is 0.360 e. The van der Waals surface area contributed by atoms with Gasteiger partial charge < -0.3 is 3.87 Å². The Morgan fingerprint density at radius 2 is 1.50 bits per heavy atom. The van der Waals surface area contributed by atoms with Crippen molar-refractivity contribution in [2.75, 3.05) is 0 Å². The molecule has 0 aliphatic heterocycles. The first-order valence-corrected chi connectivity index (χ1v) is 5.66. The van der Waals surface area contributed by atoms with Gasteiger partial charge in [0.05, 0.1) is 0 Å². The van der Waals surface area contributed by atoms with Crippen LogP contribution in [0.4, 0.5) is 0 Å². The fourth-order valence-corrected chi connectivity index (χ4v) is 0. The van der Waals surface area contributed by atoms with E-state index in [0.29, 0.717) is 0 Å². The SMILES string of the molecule is C[Si](C)(C)OS. The summed E-state index contributed by atoms with van der Waals surface area (Å²) in [6.45, 7) is 6.25. The Bertz CT molecular complexity index is 40.5. The van der Waals surface area contributed by atoms with Gasteiger partial charge in [0.1, 0.15) is 0 Å². The fraction of sp³-hybridized carbons (Fsp3) is 1.00. The number of thiol groups is 1. The molecule has 0 aromatic heterocycles. The fourth-order valence-electron chi connectivity index (χ4n) is 0. The Labute approximate surface area is 45.5 Å². The Morgan fingerprint density at radius 3 is 1.50 bits per heavy atom. The number of hydrogen-bond donors (Lipinski definition) is 1. The van der Waals surface area contributed by atoms with Crippen LogP contribution in [0.2, 0.25) is 19.6 Å². The molecule has 0 saturated carbocycles. The zero-order valence-electron chi connectivity index (χ0n) is 4.36. The van der Waals surface area contributed by atoms with Gasteiger partial charge in [-0.3, -0.25) is 0 Å². The number of rotatable bonds is 1. The summed E-state index contributed by atoms with van der Waals surface area (Å²) in [5.74, 6) is 0. The van der Waals surface area contributed by atoms with Crippen LogP contribution >= 0.6 is 12.9 Å². The van der Waals surface area contributed by atoms with E-state index in [1.807, 2.05) is 0 Å². The van der Waals surface area contributed by atoms with Crippen LogP contribution in [0, 0.1) is 0 Å². The molecule has 0 atom stereocenters. The van der Waals surface area contributed by atoms with Crippen LogP contribution in [0.1, 0.15) is 0 Å². The molecule has 0 bridgehead atoms. The quantitative estimate of drug-likeness (QED) is 0.316. The van der Waals surface area contributed by atoms with Gasteiger partial charge in [-0.15, -0.1) is 0 Å². The lowest BCUT2D eigenvalue weighted by molar-refractivity contribution is 0.665. The maximum Gasteiger partial charge on any atom is 0.202 e. The molecular formula is C3H10OSSi. The molecule has 0 aliphatic rings. The van der Waals surface area contributed by atoms with Crippen LogP contribution in [0.3, 0.4) is 0 Å². The van der Waals surface area contributed by atoms with Gasteiger partial charge in [0.25, 0.3) is 0 Å². The van der Waals surface area contributed by atoms with E-state index in [0.717, 1.165) is 0 Å². The lowest BCUT2D eigenvalue weighted by Crippen LogP contribution is -2.19. The Balaban J connectivity index is 3.17. The standard InChI is InChI=1S/C3H10OSSi/c1-6(2,3)4-5/h5H,1-3H3. The molecule has 38 valence electrons. The van der Waals surface area contributed by atoms with E-state index in [9.17, 15) is 0 Å². The topological polar surface area (TPSA) is 9.23 Å². The Kier molecular flexibility index (Phi) is 2.17. The lowest BCUT2D eigenvalue weighted by atomic mass is 11.8. The van der Waals surface area contributed by atoms with Crippen molar-refractivity contribution in [1.82, 2.24) is 0 Å². The molecule has 6 heavy (non-hydrogen) atoms. The second-order valence-electron chi connectivity index (χ2n) is 2.20. The predicted molar refractivity (Wildman–Crippen MR) is 33.4 cm³/mol. The highest BCUT2D eigenvalue weighted by Gasteiger charge is 2.10. The van der Waals surface area contributed by atoms with Gasteiger partial charge in [-0.25, -0.2) is 0 Å². The summed E-state index contributed by atoms with van der Waals surface area (Å²) in [5.41, 5.74) is 0. The van der Waals surface area contributed by atoms with Gasteiger partial charge in [0, 0.05) is 0 Å². The minimum atomic E-state index is -1.27. The third kappa shape index (κ3) is 4.53. The molecule has 1 nitrogen and oxygen atoms in total.